The molecule has 84 valence electrons. The van der Waals surface area contributed by atoms with Gasteiger partial charge in [0.05, 0.1) is 12.0 Å². The number of nitrogens with one attached hydrogen (secondary N) is 1. The van der Waals surface area contributed by atoms with Crippen LogP contribution >= 0.6 is 0 Å². The standard InChI is InChI=1S/C12H21N3/c1-3-13-10(2)8-15-9-14-11-6-4-5-7-12(11)15/h9-10,13H,3-8H2,1-2H3. The second-order valence-electron chi connectivity index (χ2n) is 4.46. The van der Waals surface area contributed by atoms with Crippen molar-refractivity contribution in [1.29, 1.82) is 0 Å². The summed E-state index contributed by atoms with van der Waals surface area (Å²) >= 11 is 0. The molecule has 0 spiro atoms. The zero-order valence-electron chi connectivity index (χ0n) is 9.79. The first kappa shape index (κ1) is 10.7. The van der Waals surface area contributed by atoms with Gasteiger partial charge in [0.2, 0.25) is 0 Å². The average Bonchev–Trinajstić information content (AvgIpc) is 2.62. The van der Waals surface area contributed by atoms with Gasteiger partial charge in [-0.05, 0) is 39.2 Å². The lowest BCUT2D eigenvalue weighted by Crippen LogP contribution is -2.30. The minimum atomic E-state index is 0.537. The van der Waals surface area contributed by atoms with Crippen LogP contribution in [0.1, 0.15) is 38.1 Å². The molecular formula is C12H21N3. The monoisotopic (exact) mass is 207 g/mol. The Labute approximate surface area is 91.9 Å². The fourth-order valence-corrected chi connectivity index (χ4v) is 2.40. The quantitative estimate of drug-likeness (QED) is 0.815. The predicted octanol–water partition coefficient (Wildman–Crippen LogP) is 1.76. The summed E-state index contributed by atoms with van der Waals surface area (Å²) in [6.45, 7) is 6.48. The van der Waals surface area contributed by atoms with Crippen molar-refractivity contribution < 1.29 is 0 Å². The zero-order valence-corrected chi connectivity index (χ0v) is 9.79. The molecule has 0 aromatic carbocycles. The Balaban J connectivity index is 2.05. The van der Waals surface area contributed by atoms with E-state index in [4.69, 9.17) is 0 Å². The minimum absolute atomic E-state index is 0.537. The first-order valence-corrected chi connectivity index (χ1v) is 6.07. The second kappa shape index (κ2) is 4.79. The van der Waals surface area contributed by atoms with E-state index < -0.39 is 0 Å². The fourth-order valence-electron chi connectivity index (χ4n) is 2.40. The van der Waals surface area contributed by atoms with Gasteiger partial charge in [-0.2, -0.15) is 0 Å². The Bertz CT molecular complexity index is 317. The molecule has 0 fully saturated rings. The van der Waals surface area contributed by atoms with Crippen LogP contribution in [0.4, 0.5) is 0 Å². The summed E-state index contributed by atoms with van der Waals surface area (Å²) in [7, 11) is 0. The number of rotatable bonds is 4. The van der Waals surface area contributed by atoms with Crippen LogP contribution in [0.5, 0.6) is 0 Å². The molecule has 15 heavy (non-hydrogen) atoms. The van der Waals surface area contributed by atoms with Crippen LogP contribution in [0.3, 0.4) is 0 Å². The van der Waals surface area contributed by atoms with E-state index in [9.17, 15) is 0 Å². The Morgan fingerprint density at radius 2 is 2.27 bits per heavy atom. The van der Waals surface area contributed by atoms with E-state index >= 15 is 0 Å². The van der Waals surface area contributed by atoms with Crippen molar-refractivity contribution in [1.82, 2.24) is 14.9 Å². The van der Waals surface area contributed by atoms with Gasteiger partial charge in [0, 0.05) is 18.3 Å². The smallest absolute Gasteiger partial charge is 0.0952 e. The van der Waals surface area contributed by atoms with E-state index in [2.05, 4.69) is 28.7 Å². The van der Waals surface area contributed by atoms with Crippen LogP contribution in [-0.2, 0) is 19.4 Å². The topological polar surface area (TPSA) is 29.9 Å². The van der Waals surface area contributed by atoms with Crippen molar-refractivity contribution in [3.05, 3.63) is 17.7 Å². The maximum atomic E-state index is 4.51. The van der Waals surface area contributed by atoms with E-state index in [0.717, 1.165) is 13.1 Å². The third kappa shape index (κ3) is 2.40. The van der Waals surface area contributed by atoms with E-state index in [1.807, 2.05) is 6.33 Å². The Morgan fingerprint density at radius 1 is 1.47 bits per heavy atom. The van der Waals surface area contributed by atoms with Crippen molar-refractivity contribution in [2.75, 3.05) is 6.54 Å². The summed E-state index contributed by atoms with van der Waals surface area (Å²) in [6, 6.07) is 0.537. The molecule has 1 aromatic heterocycles. The van der Waals surface area contributed by atoms with Crippen LogP contribution in [0.15, 0.2) is 6.33 Å². The molecule has 0 aliphatic heterocycles. The second-order valence-corrected chi connectivity index (χ2v) is 4.46. The largest absolute Gasteiger partial charge is 0.333 e. The third-order valence-corrected chi connectivity index (χ3v) is 3.13. The number of likely N-dealkylation sites (N-methyl/N-ethyl adjacent to an activating group) is 1. The maximum absolute atomic E-state index is 4.51. The van der Waals surface area contributed by atoms with Gasteiger partial charge in [-0.1, -0.05) is 6.92 Å². The van der Waals surface area contributed by atoms with Crippen LogP contribution in [-0.4, -0.2) is 22.1 Å². The van der Waals surface area contributed by atoms with Crippen LogP contribution in [0, 0.1) is 0 Å². The number of nitrogens with zero attached hydrogens (tertiary/aromatic N) is 2. The van der Waals surface area contributed by atoms with E-state index in [1.165, 1.54) is 37.1 Å². The molecule has 0 bridgehead atoms. The Morgan fingerprint density at radius 3 is 3.07 bits per heavy atom. The van der Waals surface area contributed by atoms with Crippen molar-refractivity contribution in [2.24, 2.45) is 0 Å². The molecule has 3 nitrogen and oxygen atoms in total. The molecule has 3 heteroatoms. The highest BCUT2D eigenvalue weighted by atomic mass is 15.1. The van der Waals surface area contributed by atoms with Gasteiger partial charge >= 0.3 is 0 Å². The third-order valence-electron chi connectivity index (χ3n) is 3.13. The maximum Gasteiger partial charge on any atom is 0.0952 e. The first-order chi connectivity index (χ1) is 7.31. The minimum Gasteiger partial charge on any atom is -0.333 e. The number of imidazole rings is 1. The number of aromatic nitrogens is 2. The molecular weight excluding hydrogens is 186 g/mol. The predicted molar refractivity (Wildman–Crippen MR) is 62.0 cm³/mol. The molecule has 1 heterocycles. The lowest BCUT2D eigenvalue weighted by molar-refractivity contribution is 0.475. The van der Waals surface area contributed by atoms with Crippen LogP contribution in [0.2, 0.25) is 0 Å². The molecule has 1 N–H and O–H groups in total. The fraction of sp³-hybridized carbons (Fsp3) is 0.750. The molecule has 1 aromatic rings. The van der Waals surface area contributed by atoms with Gasteiger partial charge in [0.15, 0.2) is 0 Å². The highest BCUT2D eigenvalue weighted by Crippen LogP contribution is 2.19. The summed E-state index contributed by atoms with van der Waals surface area (Å²) in [5.74, 6) is 0. The average molecular weight is 207 g/mol. The zero-order chi connectivity index (χ0) is 10.7. The van der Waals surface area contributed by atoms with Crippen LogP contribution in [0.25, 0.3) is 0 Å². The van der Waals surface area contributed by atoms with Gasteiger partial charge in [-0.25, -0.2) is 4.98 Å². The molecule has 0 radical (unpaired) electrons. The molecule has 0 amide bonds. The van der Waals surface area contributed by atoms with Crippen molar-refractivity contribution >= 4 is 0 Å². The van der Waals surface area contributed by atoms with Gasteiger partial charge in [-0.15, -0.1) is 0 Å². The first-order valence-electron chi connectivity index (χ1n) is 6.07. The lowest BCUT2D eigenvalue weighted by Gasteiger charge is -2.17. The summed E-state index contributed by atoms with van der Waals surface area (Å²) in [5.41, 5.74) is 2.82. The number of hydrogen-bond donors (Lipinski definition) is 1. The molecule has 0 saturated carbocycles. The van der Waals surface area contributed by atoms with Crippen molar-refractivity contribution in [2.45, 2.75) is 52.1 Å². The Hall–Kier alpha value is -0.830. The van der Waals surface area contributed by atoms with Gasteiger partial charge in [0.1, 0.15) is 0 Å². The van der Waals surface area contributed by atoms with E-state index in [-0.39, 0.29) is 0 Å². The SMILES string of the molecule is CCNC(C)Cn1cnc2c1CCCC2. The molecule has 1 aliphatic carbocycles. The van der Waals surface area contributed by atoms with E-state index in [1.54, 1.807) is 0 Å². The summed E-state index contributed by atoms with van der Waals surface area (Å²) in [4.78, 5) is 4.51. The summed E-state index contributed by atoms with van der Waals surface area (Å²) in [6.07, 6.45) is 7.05. The lowest BCUT2D eigenvalue weighted by atomic mass is 10.0. The van der Waals surface area contributed by atoms with Gasteiger partial charge < -0.3 is 9.88 Å². The molecule has 2 rings (SSSR count). The normalized spacial score (nSPS) is 17.5. The van der Waals surface area contributed by atoms with Crippen molar-refractivity contribution in [3.63, 3.8) is 0 Å². The van der Waals surface area contributed by atoms with E-state index in [0.29, 0.717) is 6.04 Å². The van der Waals surface area contributed by atoms with Gasteiger partial charge in [-0.3, -0.25) is 0 Å². The van der Waals surface area contributed by atoms with Crippen LogP contribution < -0.4 is 5.32 Å². The molecule has 1 unspecified atom stereocenters. The summed E-state index contributed by atoms with van der Waals surface area (Å²) < 4.78 is 2.34. The van der Waals surface area contributed by atoms with Crippen molar-refractivity contribution in [3.8, 4) is 0 Å². The number of fused-ring (bicyclic) bond motifs is 1. The Kier molecular flexibility index (Phi) is 3.41. The number of hydrogen-bond acceptors (Lipinski definition) is 2. The molecule has 0 saturated heterocycles. The highest BCUT2D eigenvalue weighted by Gasteiger charge is 2.15. The number of aryl methyl sites for hydroxylation is 1. The molecule has 1 atom stereocenters. The summed E-state index contributed by atoms with van der Waals surface area (Å²) in [5, 5.41) is 3.44. The molecule has 1 aliphatic rings. The highest BCUT2D eigenvalue weighted by molar-refractivity contribution is 5.16. The van der Waals surface area contributed by atoms with Gasteiger partial charge in [0.25, 0.3) is 0 Å².